The van der Waals surface area contributed by atoms with E-state index in [1.807, 2.05) is 37.3 Å². The number of guanidine groups is 1. The number of rotatable bonds is 19. The quantitative estimate of drug-likeness (QED) is 0.103. The number of hydrogen-bond donors (Lipinski definition) is 2. The summed E-state index contributed by atoms with van der Waals surface area (Å²) in [5.74, 6) is 1.56. The molecule has 1 aromatic carbocycles. The molecule has 0 fully saturated rings. The van der Waals surface area contributed by atoms with Crippen LogP contribution in [0.5, 0.6) is 11.5 Å². The molecule has 33 heavy (non-hydrogen) atoms. The van der Waals surface area contributed by atoms with Crippen LogP contribution in [-0.2, 0) is 0 Å². The summed E-state index contributed by atoms with van der Waals surface area (Å²) in [4.78, 5) is 0. The number of nitrogens with two attached hydrogens (primary N) is 2. The van der Waals surface area contributed by atoms with E-state index in [1.54, 1.807) is 0 Å². The zero-order chi connectivity index (χ0) is 24.2. The van der Waals surface area contributed by atoms with Gasteiger partial charge in [-0.25, -0.2) is 0 Å². The van der Waals surface area contributed by atoms with Gasteiger partial charge >= 0.3 is 0 Å². The van der Waals surface area contributed by atoms with Gasteiger partial charge in [-0.3, -0.25) is 0 Å². The number of allylic oxidation sites excluding steroid dienone is 1. The van der Waals surface area contributed by atoms with Crippen LogP contribution in [0.25, 0.3) is 6.08 Å². The van der Waals surface area contributed by atoms with Gasteiger partial charge in [0.05, 0.1) is 18.9 Å². The maximum absolute atomic E-state index is 6.14. The van der Waals surface area contributed by atoms with Crippen LogP contribution >= 0.6 is 0 Å². The van der Waals surface area contributed by atoms with Gasteiger partial charge in [-0.1, -0.05) is 90.2 Å². The lowest BCUT2D eigenvalue weighted by Crippen LogP contribution is -2.21. The molecule has 1 rings (SSSR count). The van der Waals surface area contributed by atoms with Crippen molar-refractivity contribution in [1.82, 2.24) is 0 Å². The smallest absolute Gasteiger partial charge is 0.211 e. The first kappa shape index (κ1) is 28.5. The molecule has 0 atom stereocenters. The fourth-order valence-electron chi connectivity index (χ4n) is 3.38. The van der Waals surface area contributed by atoms with Crippen LogP contribution in [0.1, 0.15) is 103 Å². The third-order valence-corrected chi connectivity index (χ3v) is 5.32. The predicted octanol–water partition coefficient (Wildman–Crippen LogP) is 6.83. The SMILES string of the molecule is CCCCCCCCOc1ccc(C=CC(C)=NN=C(N)N)cc1OCCCCCCCC. The predicted molar refractivity (Wildman–Crippen MR) is 142 cm³/mol. The summed E-state index contributed by atoms with van der Waals surface area (Å²) in [6, 6.07) is 6.05. The summed E-state index contributed by atoms with van der Waals surface area (Å²) in [6.07, 6.45) is 18.7. The van der Waals surface area contributed by atoms with E-state index >= 15 is 0 Å². The molecule has 0 aliphatic heterocycles. The second kappa shape index (κ2) is 19.0. The van der Waals surface area contributed by atoms with Crippen LogP contribution in [0.3, 0.4) is 0 Å². The minimum Gasteiger partial charge on any atom is -0.490 e. The van der Waals surface area contributed by atoms with Crippen molar-refractivity contribution in [3.05, 3.63) is 29.8 Å². The highest BCUT2D eigenvalue weighted by molar-refractivity contribution is 5.96. The third-order valence-electron chi connectivity index (χ3n) is 5.32. The Bertz CT molecular complexity index is 725. The van der Waals surface area contributed by atoms with Crippen molar-refractivity contribution < 1.29 is 9.47 Å². The number of ether oxygens (including phenoxy) is 2. The minimum absolute atomic E-state index is 0.0556. The van der Waals surface area contributed by atoms with Crippen molar-refractivity contribution >= 4 is 17.7 Å². The first-order chi connectivity index (χ1) is 16.1. The van der Waals surface area contributed by atoms with Crippen molar-refractivity contribution in [3.8, 4) is 11.5 Å². The second-order valence-electron chi connectivity index (χ2n) is 8.54. The van der Waals surface area contributed by atoms with E-state index in [9.17, 15) is 0 Å². The zero-order valence-electron chi connectivity index (χ0n) is 21.2. The summed E-state index contributed by atoms with van der Waals surface area (Å²) in [6.45, 7) is 7.76. The topological polar surface area (TPSA) is 95.2 Å². The van der Waals surface area contributed by atoms with E-state index in [0.717, 1.165) is 36.5 Å². The van der Waals surface area contributed by atoms with Crippen molar-refractivity contribution in [2.45, 2.75) is 97.8 Å². The normalized spacial score (nSPS) is 11.7. The molecule has 6 nitrogen and oxygen atoms in total. The Hall–Kier alpha value is -2.50. The van der Waals surface area contributed by atoms with Crippen molar-refractivity contribution in [1.29, 1.82) is 0 Å². The van der Waals surface area contributed by atoms with E-state index < -0.39 is 0 Å². The molecule has 0 aromatic heterocycles. The van der Waals surface area contributed by atoms with Crippen LogP contribution in [0.4, 0.5) is 0 Å². The zero-order valence-corrected chi connectivity index (χ0v) is 21.2. The van der Waals surface area contributed by atoms with E-state index in [2.05, 4.69) is 24.1 Å². The van der Waals surface area contributed by atoms with Gasteiger partial charge in [0.25, 0.3) is 0 Å². The molecule has 6 heteroatoms. The first-order valence-corrected chi connectivity index (χ1v) is 12.8. The maximum atomic E-state index is 6.14. The molecule has 4 N–H and O–H groups in total. The molecule has 1 aromatic rings. The molecule has 0 amide bonds. The monoisotopic (exact) mass is 458 g/mol. The van der Waals surface area contributed by atoms with Gasteiger partial charge in [-0.05, 0) is 43.5 Å². The standard InChI is InChI=1S/C27H46N4O2/c1-4-6-8-10-12-14-20-32-25-19-18-24(17-16-23(3)30-31-27(28)29)22-26(25)33-21-15-13-11-9-7-5-2/h16-19,22H,4-15,20-21H2,1-3H3,(H4,28,29,31). The van der Waals surface area contributed by atoms with Crippen LogP contribution in [0.2, 0.25) is 0 Å². The van der Waals surface area contributed by atoms with Crippen LogP contribution in [0, 0.1) is 0 Å². The summed E-state index contributed by atoms with van der Waals surface area (Å²) in [7, 11) is 0. The Kier molecular flexibility index (Phi) is 16.4. The first-order valence-electron chi connectivity index (χ1n) is 12.8. The lowest BCUT2D eigenvalue weighted by atomic mass is 10.1. The molecule has 0 heterocycles. The van der Waals surface area contributed by atoms with Crippen LogP contribution in [-0.4, -0.2) is 24.9 Å². The third kappa shape index (κ3) is 15.1. The van der Waals surface area contributed by atoms with Crippen LogP contribution < -0.4 is 20.9 Å². The highest BCUT2D eigenvalue weighted by Crippen LogP contribution is 2.29. The fourth-order valence-corrected chi connectivity index (χ4v) is 3.38. The number of unbranched alkanes of at least 4 members (excludes halogenated alkanes) is 10. The lowest BCUT2D eigenvalue weighted by molar-refractivity contribution is 0.258. The minimum atomic E-state index is -0.0556. The van der Waals surface area contributed by atoms with Crippen molar-refractivity contribution in [3.63, 3.8) is 0 Å². The van der Waals surface area contributed by atoms with Crippen molar-refractivity contribution in [2.24, 2.45) is 21.7 Å². The highest BCUT2D eigenvalue weighted by atomic mass is 16.5. The average molecular weight is 459 g/mol. The molecule has 0 radical (unpaired) electrons. The van der Waals surface area contributed by atoms with Gasteiger partial charge in [0.15, 0.2) is 11.5 Å². The van der Waals surface area contributed by atoms with E-state index in [-0.39, 0.29) is 5.96 Å². The summed E-state index contributed by atoms with van der Waals surface area (Å²) >= 11 is 0. The number of hydrogen-bond acceptors (Lipinski definition) is 4. The molecule has 0 spiro atoms. The lowest BCUT2D eigenvalue weighted by Gasteiger charge is -2.14. The molecule has 186 valence electrons. The molecule has 0 saturated carbocycles. The van der Waals surface area contributed by atoms with Crippen LogP contribution in [0.15, 0.2) is 34.5 Å². The van der Waals surface area contributed by atoms with Gasteiger partial charge in [0.1, 0.15) is 0 Å². The maximum Gasteiger partial charge on any atom is 0.211 e. The Labute approximate surface area is 201 Å². The Morgan fingerprint density at radius 2 is 1.30 bits per heavy atom. The van der Waals surface area contributed by atoms with Gasteiger partial charge in [-0.2, -0.15) is 5.10 Å². The average Bonchev–Trinajstić information content (AvgIpc) is 2.81. The summed E-state index contributed by atoms with van der Waals surface area (Å²) in [5, 5.41) is 7.63. The summed E-state index contributed by atoms with van der Waals surface area (Å²) < 4.78 is 12.2. The number of benzene rings is 1. The molecule has 0 aliphatic rings. The molecular formula is C27H46N4O2. The van der Waals surface area contributed by atoms with Crippen molar-refractivity contribution in [2.75, 3.05) is 13.2 Å². The van der Waals surface area contributed by atoms with Gasteiger partial charge in [0, 0.05) is 0 Å². The number of nitrogens with zero attached hydrogens (tertiary/aromatic N) is 2. The Balaban J connectivity index is 2.68. The second-order valence-corrected chi connectivity index (χ2v) is 8.54. The van der Waals surface area contributed by atoms with E-state index in [0.29, 0.717) is 12.3 Å². The van der Waals surface area contributed by atoms with Gasteiger partial charge < -0.3 is 20.9 Å². The summed E-state index contributed by atoms with van der Waals surface area (Å²) in [5.41, 5.74) is 12.4. The van der Waals surface area contributed by atoms with E-state index in [4.69, 9.17) is 20.9 Å². The molecule has 0 unspecified atom stereocenters. The largest absolute Gasteiger partial charge is 0.490 e. The highest BCUT2D eigenvalue weighted by Gasteiger charge is 2.07. The van der Waals surface area contributed by atoms with Gasteiger partial charge in [0.2, 0.25) is 5.96 Å². The molecule has 0 bridgehead atoms. The molecule has 0 saturated heterocycles. The Morgan fingerprint density at radius 1 is 0.758 bits per heavy atom. The molecular weight excluding hydrogens is 412 g/mol. The van der Waals surface area contributed by atoms with E-state index in [1.165, 1.54) is 64.2 Å². The van der Waals surface area contributed by atoms with Gasteiger partial charge in [-0.15, -0.1) is 5.10 Å². The molecule has 0 aliphatic carbocycles. The Morgan fingerprint density at radius 3 is 1.88 bits per heavy atom. The fraction of sp³-hybridized carbons (Fsp3) is 0.630.